The molecule has 0 aliphatic carbocycles. The number of carbonyl (C=O) groups is 1. The largest absolute Gasteiger partial charge is 0.444 e. The van der Waals surface area contributed by atoms with E-state index in [4.69, 9.17) is 9.15 Å². The van der Waals surface area contributed by atoms with Crippen LogP contribution < -0.4 is 10.6 Å². The molecule has 0 saturated heterocycles. The van der Waals surface area contributed by atoms with E-state index in [2.05, 4.69) is 25.6 Å². The lowest BCUT2D eigenvalue weighted by Gasteiger charge is -2.19. The van der Waals surface area contributed by atoms with Crippen LogP contribution in [0.25, 0.3) is 11.1 Å². The van der Waals surface area contributed by atoms with Crippen LogP contribution in [-0.2, 0) is 17.7 Å². The highest BCUT2D eigenvalue weighted by Crippen LogP contribution is 2.22. The number of alkyl carbamates (subject to hydrolysis) is 1. The summed E-state index contributed by atoms with van der Waals surface area (Å²) in [5.74, 6) is 0.528. The average molecular weight is 387 g/mol. The second-order valence-electron chi connectivity index (χ2n) is 7.08. The standard InChI is InChI=1S/C19H22FN5O3/c1-19(2,3)28-18(26)23-10-7-15-25-16-14(27-15)6-9-22-17(16)24-11-13-12(20)5-4-8-21-13/h4-6,8-9H,7,10-11H2,1-3H3,(H,22,24)(H,23,26). The van der Waals surface area contributed by atoms with Crippen molar-refractivity contribution in [2.75, 3.05) is 11.9 Å². The van der Waals surface area contributed by atoms with Gasteiger partial charge < -0.3 is 19.8 Å². The van der Waals surface area contributed by atoms with Crippen molar-refractivity contribution in [2.24, 2.45) is 0 Å². The zero-order valence-corrected chi connectivity index (χ0v) is 16.0. The van der Waals surface area contributed by atoms with Crippen LogP contribution in [0.1, 0.15) is 32.4 Å². The van der Waals surface area contributed by atoms with E-state index in [1.165, 1.54) is 18.3 Å². The van der Waals surface area contributed by atoms with Crippen molar-refractivity contribution < 1.29 is 18.3 Å². The van der Waals surface area contributed by atoms with Crippen molar-refractivity contribution in [1.82, 2.24) is 20.3 Å². The monoisotopic (exact) mass is 387 g/mol. The molecule has 0 aliphatic rings. The Kier molecular flexibility index (Phi) is 5.72. The maximum absolute atomic E-state index is 13.7. The fourth-order valence-electron chi connectivity index (χ4n) is 2.44. The molecule has 1 amide bonds. The molecule has 8 nitrogen and oxygen atoms in total. The maximum atomic E-state index is 13.7. The van der Waals surface area contributed by atoms with Gasteiger partial charge >= 0.3 is 6.09 Å². The third-order valence-corrected chi connectivity index (χ3v) is 3.62. The number of hydrogen-bond acceptors (Lipinski definition) is 7. The molecule has 28 heavy (non-hydrogen) atoms. The highest BCUT2D eigenvalue weighted by atomic mass is 19.1. The van der Waals surface area contributed by atoms with Crippen LogP contribution in [0, 0.1) is 5.82 Å². The molecule has 0 aliphatic heterocycles. The Balaban J connectivity index is 1.63. The molecule has 3 aromatic heterocycles. The van der Waals surface area contributed by atoms with Crippen molar-refractivity contribution >= 4 is 23.0 Å². The quantitative estimate of drug-likeness (QED) is 0.668. The fourth-order valence-corrected chi connectivity index (χ4v) is 2.44. The normalized spacial score (nSPS) is 11.4. The van der Waals surface area contributed by atoms with Crippen molar-refractivity contribution in [3.63, 3.8) is 0 Å². The number of fused-ring (bicyclic) bond motifs is 1. The first-order valence-electron chi connectivity index (χ1n) is 8.86. The predicted octanol–water partition coefficient (Wildman–Crippen LogP) is 3.44. The number of nitrogens with zero attached hydrogens (tertiary/aromatic N) is 3. The van der Waals surface area contributed by atoms with Gasteiger partial charge in [-0.3, -0.25) is 4.98 Å². The number of carbonyl (C=O) groups excluding carboxylic acids is 1. The number of amides is 1. The third-order valence-electron chi connectivity index (χ3n) is 3.62. The van der Waals surface area contributed by atoms with Crippen molar-refractivity contribution in [1.29, 1.82) is 0 Å². The number of ether oxygens (including phenoxy) is 1. The molecule has 0 unspecified atom stereocenters. The van der Waals surface area contributed by atoms with Crippen molar-refractivity contribution in [3.05, 3.63) is 48.0 Å². The minimum Gasteiger partial charge on any atom is -0.444 e. The molecule has 0 fully saturated rings. The highest BCUT2D eigenvalue weighted by molar-refractivity contribution is 5.83. The zero-order valence-electron chi connectivity index (χ0n) is 16.0. The number of aromatic nitrogens is 3. The molecule has 3 heterocycles. The van der Waals surface area contributed by atoms with Gasteiger partial charge in [0, 0.05) is 31.4 Å². The number of rotatable bonds is 6. The van der Waals surface area contributed by atoms with Gasteiger partial charge in [-0.2, -0.15) is 0 Å². The van der Waals surface area contributed by atoms with Gasteiger partial charge in [0.2, 0.25) is 0 Å². The Morgan fingerprint density at radius 1 is 1.25 bits per heavy atom. The minimum absolute atomic E-state index is 0.168. The lowest BCUT2D eigenvalue weighted by atomic mass is 10.2. The molecule has 0 bridgehead atoms. The third kappa shape index (κ3) is 5.15. The number of hydrogen-bond donors (Lipinski definition) is 2. The van der Waals surface area contributed by atoms with Crippen LogP contribution in [0.2, 0.25) is 0 Å². The number of oxazole rings is 1. The fraction of sp³-hybridized carbons (Fsp3) is 0.368. The Hall–Kier alpha value is -3.23. The predicted molar refractivity (Wildman–Crippen MR) is 101 cm³/mol. The number of nitrogens with one attached hydrogen (secondary N) is 2. The summed E-state index contributed by atoms with van der Waals surface area (Å²) in [7, 11) is 0. The summed E-state index contributed by atoms with van der Waals surface area (Å²) in [6.07, 6.45) is 3.00. The molecule has 3 aromatic rings. The Morgan fingerprint density at radius 3 is 2.82 bits per heavy atom. The van der Waals surface area contributed by atoms with Gasteiger partial charge in [0.15, 0.2) is 22.8 Å². The first-order chi connectivity index (χ1) is 13.3. The second-order valence-corrected chi connectivity index (χ2v) is 7.08. The summed E-state index contributed by atoms with van der Waals surface area (Å²) in [4.78, 5) is 24.3. The van der Waals surface area contributed by atoms with Gasteiger partial charge in [0.05, 0.1) is 12.2 Å². The smallest absolute Gasteiger partial charge is 0.407 e. The summed E-state index contributed by atoms with van der Waals surface area (Å²) in [6.45, 7) is 5.88. The van der Waals surface area contributed by atoms with Crippen LogP contribution in [0.3, 0.4) is 0 Å². The first-order valence-corrected chi connectivity index (χ1v) is 8.86. The van der Waals surface area contributed by atoms with E-state index >= 15 is 0 Å². The maximum Gasteiger partial charge on any atom is 0.407 e. The number of pyridine rings is 2. The van der Waals surface area contributed by atoms with Crippen molar-refractivity contribution in [3.8, 4) is 0 Å². The van der Waals surface area contributed by atoms with E-state index in [0.717, 1.165) is 0 Å². The molecule has 0 aromatic carbocycles. The van der Waals surface area contributed by atoms with E-state index in [0.29, 0.717) is 35.8 Å². The minimum atomic E-state index is -0.555. The Bertz CT molecular complexity index is 968. The molecule has 3 rings (SSSR count). The topological polar surface area (TPSA) is 102 Å². The van der Waals surface area contributed by atoms with E-state index in [9.17, 15) is 9.18 Å². The molecule has 2 N–H and O–H groups in total. The summed E-state index contributed by atoms with van der Waals surface area (Å²) in [5, 5.41) is 5.69. The summed E-state index contributed by atoms with van der Waals surface area (Å²) < 4.78 is 24.6. The highest BCUT2D eigenvalue weighted by Gasteiger charge is 2.16. The van der Waals surface area contributed by atoms with Crippen LogP contribution >= 0.6 is 0 Å². The van der Waals surface area contributed by atoms with Gasteiger partial charge in [-0.15, -0.1) is 0 Å². The van der Waals surface area contributed by atoms with Gasteiger partial charge in [0.1, 0.15) is 11.4 Å². The summed E-state index contributed by atoms with van der Waals surface area (Å²) in [6, 6.07) is 4.58. The molecular weight excluding hydrogens is 365 g/mol. The number of halogens is 1. The van der Waals surface area contributed by atoms with Gasteiger partial charge in [-0.05, 0) is 32.9 Å². The summed E-state index contributed by atoms with van der Waals surface area (Å²) >= 11 is 0. The molecule has 0 radical (unpaired) electrons. The van der Waals surface area contributed by atoms with Gasteiger partial charge in [-0.25, -0.2) is 19.2 Å². The lowest BCUT2D eigenvalue weighted by Crippen LogP contribution is -2.33. The molecule has 9 heteroatoms. The molecule has 0 saturated carbocycles. The zero-order chi connectivity index (χ0) is 20.1. The molecule has 0 atom stereocenters. The van der Waals surface area contributed by atoms with E-state index in [-0.39, 0.29) is 12.2 Å². The average Bonchev–Trinajstić information content (AvgIpc) is 3.03. The van der Waals surface area contributed by atoms with Crippen molar-refractivity contribution in [2.45, 2.75) is 39.3 Å². The first kappa shape index (κ1) is 19.5. The lowest BCUT2D eigenvalue weighted by molar-refractivity contribution is 0.0528. The molecule has 148 valence electrons. The van der Waals surface area contributed by atoms with Gasteiger partial charge in [0.25, 0.3) is 0 Å². The number of anilines is 1. The summed E-state index contributed by atoms with van der Waals surface area (Å²) in [5.41, 5.74) is 0.810. The van der Waals surface area contributed by atoms with Crippen LogP contribution in [0.5, 0.6) is 0 Å². The van der Waals surface area contributed by atoms with E-state index in [1.54, 1.807) is 33.0 Å². The van der Waals surface area contributed by atoms with E-state index in [1.807, 2.05) is 0 Å². The van der Waals surface area contributed by atoms with Crippen LogP contribution in [-0.4, -0.2) is 33.2 Å². The Morgan fingerprint density at radius 2 is 2.07 bits per heavy atom. The SMILES string of the molecule is CC(C)(C)OC(=O)NCCc1nc2c(NCc3ncccc3F)nccc2o1. The van der Waals surface area contributed by atoms with Crippen LogP contribution in [0.4, 0.5) is 15.0 Å². The van der Waals surface area contributed by atoms with Gasteiger partial charge in [-0.1, -0.05) is 0 Å². The van der Waals surface area contributed by atoms with E-state index < -0.39 is 17.5 Å². The second kappa shape index (κ2) is 8.20. The van der Waals surface area contributed by atoms with Crippen LogP contribution in [0.15, 0.2) is 35.0 Å². The molecular formula is C19H22FN5O3. The molecule has 0 spiro atoms. The Labute approximate surface area is 161 Å².